The third kappa shape index (κ3) is 4.28. The predicted octanol–water partition coefficient (Wildman–Crippen LogP) is 3.29. The van der Waals surface area contributed by atoms with Gasteiger partial charge < -0.3 is 10.1 Å². The molecule has 7 nitrogen and oxygen atoms in total. The lowest BCUT2D eigenvalue weighted by molar-refractivity contribution is -0.143. The van der Waals surface area contributed by atoms with Crippen LogP contribution in [-0.4, -0.2) is 33.8 Å². The van der Waals surface area contributed by atoms with Crippen LogP contribution in [0.4, 0.5) is 0 Å². The number of benzene rings is 1. The van der Waals surface area contributed by atoms with E-state index in [1.165, 1.54) is 13.3 Å². The summed E-state index contributed by atoms with van der Waals surface area (Å²) in [6.45, 7) is 3.84. The summed E-state index contributed by atoms with van der Waals surface area (Å²) in [6.07, 6.45) is 1.46. The highest BCUT2D eigenvalue weighted by Crippen LogP contribution is 2.19. The van der Waals surface area contributed by atoms with E-state index in [-0.39, 0.29) is 0 Å². The first-order valence-electron chi connectivity index (χ1n) is 8.53. The fourth-order valence-electron chi connectivity index (χ4n) is 2.77. The number of aromatic nitrogens is 3. The Morgan fingerprint density at radius 1 is 1.14 bits per heavy atom. The number of esters is 1. The zero-order valence-electron chi connectivity index (χ0n) is 15.6. The maximum Gasteiger partial charge on any atom is 0.333 e. The van der Waals surface area contributed by atoms with Gasteiger partial charge in [0.25, 0.3) is 5.91 Å². The van der Waals surface area contributed by atoms with Crippen LogP contribution in [-0.2, 0) is 9.53 Å². The molecule has 1 aromatic carbocycles. The maximum atomic E-state index is 12.6. The molecule has 1 atom stereocenters. The molecule has 3 rings (SSSR count). The minimum atomic E-state index is -0.915. The van der Waals surface area contributed by atoms with Crippen molar-refractivity contribution in [2.45, 2.75) is 19.9 Å². The van der Waals surface area contributed by atoms with Crippen molar-refractivity contribution in [1.29, 1.82) is 0 Å². The molecule has 0 bridgehead atoms. The second-order valence-electron chi connectivity index (χ2n) is 6.23. The Balaban J connectivity index is 1.81. The van der Waals surface area contributed by atoms with E-state index in [1.807, 2.05) is 19.9 Å². The number of ether oxygens (including phenoxy) is 1. The standard InChI is InChI=1S/C20H19BrN4O3/c1-12-10-13(2)25(24-12)17-9-6-15(11-22-17)19(26)23-18(20(27)28-3)14-4-7-16(21)8-5-14/h4-11,18H,1-3H3,(H,23,26). The van der Waals surface area contributed by atoms with Gasteiger partial charge in [-0.05, 0) is 49.7 Å². The quantitative estimate of drug-likeness (QED) is 0.612. The number of methoxy groups -OCH3 is 1. The zero-order chi connectivity index (χ0) is 20.3. The average molecular weight is 443 g/mol. The summed E-state index contributed by atoms with van der Waals surface area (Å²) in [5.74, 6) is -0.367. The molecule has 1 N–H and O–H groups in total. The minimum Gasteiger partial charge on any atom is -0.467 e. The van der Waals surface area contributed by atoms with Crippen molar-refractivity contribution in [2.75, 3.05) is 7.11 Å². The first-order chi connectivity index (χ1) is 13.4. The molecule has 2 heterocycles. The van der Waals surface area contributed by atoms with Gasteiger partial charge in [-0.15, -0.1) is 0 Å². The molecule has 0 radical (unpaired) electrons. The van der Waals surface area contributed by atoms with E-state index >= 15 is 0 Å². The number of halogens is 1. The van der Waals surface area contributed by atoms with Gasteiger partial charge >= 0.3 is 5.97 Å². The number of aryl methyl sites for hydroxylation is 2. The number of carbonyl (C=O) groups excluding carboxylic acids is 2. The van der Waals surface area contributed by atoms with Crippen molar-refractivity contribution in [3.05, 3.63) is 75.6 Å². The minimum absolute atomic E-state index is 0.330. The number of carbonyl (C=O) groups is 2. The highest BCUT2D eigenvalue weighted by Gasteiger charge is 2.24. The molecule has 1 unspecified atom stereocenters. The number of hydrogen-bond donors (Lipinski definition) is 1. The van der Waals surface area contributed by atoms with Gasteiger partial charge in [0.05, 0.1) is 18.4 Å². The molecular formula is C20H19BrN4O3. The molecule has 3 aromatic rings. The largest absolute Gasteiger partial charge is 0.467 e. The van der Waals surface area contributed by atoms with E-state index < -0.39 is 17.9 Å². The lowest BCUT2D eigenvalue weighted by Crippen LogP contribution is -2.34. The Labute approximate surface area is 170 Å². The molecule has 2 aromatic heterocycles. The first kappa shape index (κ1) is 19.8. The van der Waals surface area contributed by atoms with Crippen LogP contribution in [0, 0.1) is 13.8 Å². The summed E-state index contributed by atoms with van der Waals surface area (Å²) in [6, 6.07) is 11.5. The smallest absolute Gasteiger partial charge is 0.333 e. The normalized spacial score (nSPS) is 11.7. The van der Waals surface area contributed by atoms with E-state index in [4.69, 9.17) is 4.74 Å². The van der Waals surface area contributed by atoms with Crippen molar-refractivity contribution in [2.24, 2.45) is 0 Å². The Morgan fingerprint density at radius 3 is 2.39 bits per heavy atom. The van der Waals surface area contributed by atoms with Gasteiger partial charge in [0.2, 0.25) is 0 Å². The Hall–Kier alpha value is -3.00. The third-order valence-corrected chi connectivity index (χ3v) is 4.68. The predicted molar refractivity (Wildman–Crippen MR) is 107 cm³/mol. The SMILES string of the molecule is COC(=O)C(NC(=O)c1ccc(-n2nc(C)cc2C)nc1)c1ccc(Br)cc1. The Kier molecular flexibility index (Phi) is 5.89. The number of nitrogens with zero attached hydrogens (tertiary/aromatic N) is 3. The number of rotatable bonds is 5. The van der Waals surface area contributed by atoms with Crippen molar-refractivity contribution < 1.29 is 14.3 Å². The van der Waals surface area contributed by atoms with Crippen LogP contribution in [0.25, 0.3) is 5.82 Å². The summed E-state index contributed by atoms with van der Waals surface area (Å²) >= 11 is 3.35. The average Bonchev–Trinajstić information content (AvgIpc) is 3.04. The molecule has 8 heteroatoms. The van der Waals surface area contributed by atoms with E-state index in [1.54, 1.807) is 41.1 Å². The lowest BCUT2D eigenvalue weighted by Gasteiger charge is -2.17. The summed E-state index contributed by atoms with van der Waals surface area (Å²) < 4.78 is 7.41. The van der Waals surface area contributed by atoms with E-state index in [0.29, 0.717) is 16.9 Å². The molecule has 144 valence electrons. The summed E-state index contributed by atoms with van der Waals surface area (Å²) in [5, 5.41) is 7.08. The number of pyridine rings is 1. The summed E-state index contributed by atoms with van der Waals surface area (Å²) in [4.78, 5) is 29.1. The van der Waals surface area contributed by atoms with Gasteiger partial charge in [-0.2, -0.15) is 5.10 Å². The fourth-order valence-corrected chi connectivity index (χ4v) is 3.04. The molecule has 0 spiro atoms. The molecule has 1 amide bonds. The van der Waals surface area contributed by atoms with Gasteiger partial charge in [-0.25, -0.2) is 14.5 Å². The highest BCUT2D eigenvalue weighted by molar-refractivity contribution is 9.10. The van der Waals surface area contributed by atoms with Gasteiger partial charge in [-0.1, -0.05) is 28.1 Å². The van der Waals surface area contributed by atoms with Crippen LogP contribution in [0.15, 0.2) is 53.1 Å². The van der Waals surface area contributed by atoms with E-state index in [0.717, 1.165) is 15.9 Å². The van der Waals surface area contributed by atoms with Crippen molar-refractivity contribution >= 4 is 27.8 Å². The molecule has 0 aliphatic heterocycles. The molecule has 28 heavy (non-hydrogen) atoms. The van der Waals surface area contributed by atoms with Crippen molar-refractivity contribution in [1.82, 2.24) is 20.1 Å². The van der Waals surface area contributed by atoms with Crippen LogP contribution in [0.2, 0.25) is 0 Å². The van der Waals surface area contributed by atoms with Crippen molar-refractivity contribution in [3.63, 3.8) is 0 Å². The molecule has 0 saturated carbocycles. The van der Waals surface area contributed by atoms with Crippen LogP contribution in [0.5, 0.6) is 0 Å². The van der Waals surface area contributed by atoms with Gasteiger partial charge in [0, 0.05) is 16.4 Å². The number of nitrogens with one attached hydrogen (secondary N) is 1. The Morgan fingerprint density at radius 2 is 1.86 bits per heavy atom. The van der Waals surface area contributed by atoms with E-state index in [2.05, 4.69) is 31.3 Å². The van der Waals surface area contributed by atoms with Gasteiger partial charge in [-0.3, -0.25) is 4.79 Å². The van der Waals surface area contributed by atoms with Crippen molar-refractivity contribution in [3.8, 4) is 5.82 Å². The molecule has 0 aliphatic carbocycles. The fraction of sp³-hybridized carbons (Fsp3) is 0.200. The van der Waals surface area contributed by atoms with Gasteiger partial charge in [0.15, 0.2) is 11.9 Å². The Bertz CT molecular complexity index is 997. The number of hydrogen-bond acceptors (Lipinski definition) is 5. The third-order valence-electron chi connectivity index (χ3n) is 4.15. The molecule has 0 aliphatic rings. The van der Waals surface area contributed by atoms with Crippen LogP contribution >= 0.6 is 15.9 Å². The topological polar surface area (TPSA) is 86.1 Å². The van der Waals surface area contributed by atoms with Crippen LogP contribution in [0.3, 0.4) is 0 Å². The molecular weight excluding hydrogens is 424 g/mol. The van der Waals surface area contributed by atoms with Crippen LogP contribution < -0.4 is 5.32 Å². The highest BCUT2D eigenvalue weighted by atomic mass is 79.9. The van der Waals surface area contributed by atoms with Crippen LogP contribution in [0.1, 0.15) is 33.4 Å². The second-order valence-corrected chi connectivity index (χ2v) is 7.14. The summed E-state index contributed by atoms with van der Waals surface area (Å²) in [7, 11) is 1.28. The first-order valence-corrected chi connectivity index (χ1v) is 9.32. The summed E-state index contributed by atoms with van der Waals surface area (Å²) in [5.41, 5.74) is 2.78. The zero-order valence-corrected chi connectivity index (χ0v) is 17.2. The monoisotopic (exact) mass is 442 g/mol. The maximum absolute atomic E-state index is 12.6. The lowest BCUT2D eigenvalue weighted by atomic mass is 10.1. The van der Waals surface area contributed by atoms with Gasteiger partial charge in [0.1, 0.15) is 0 Å². The van der Waals surface area contributed by atoms with E-state index in [9.17, 15) is 9.59 Å². The second kappa shape index (κ2) is 8.35. The molecule has 0 fully saturated rings. The molecule has 0 saturated heterocycles. The number of amides is 1.